The Hall–Kier alpha value is -1.61. The second-order valence-electron chi connectivity index (χ2n) is 6.30. The number of benzene rings is 1. The smallest absolute Gasteiger partial charge is 0.0685 e. The van der Waals surface area contributed by atoms with Gasteiger partial charge in [-0.1, -0.05) is 24.3 Å². The van der Waals surface area contributed by atoms with Crippen LogP contribution in [-0.4, -0.2) is 27.8 Å². The number of hydrogen-bond acceptors (Lipinski definition) is 2. The van der Waals surface area contributed by atoms with Gasteiger partial charge in [0.25, 0.3) is 0 Å². The highest BCUT2D eigenvalue weighted by molar-refractivity contribution is 5.59. The van der Waals surface area contributed by atoms with Crippen molar-refractivity contribution < 1.29 is 0 Å². The predicted molar refractivity (Wildman–Crippen MR) is 87.3 cm³/mol. The van der Waals surface area contributed by atoms with E-state index >= 15 is 0 Å². The van der Waals surface area contributed by atoms with Gasteiger partial charge in [0, 0.05) is 18.3 Å². The van der Waals surface area contributed by atoms with Gasteiger partial charge in [0.15, 0.2) is 0 Å². The Morgan fingerprint density at radius 1 is 0.952 bits per heavy atom. The molecule has 2 aromatic rings. The lowest BCUT2D eigenvalue weighted by Crippen LogP contribution is -2.23. The molecule has 1 aromatic heterocycles. The average Bonchev–Trinajstić information content (AvgIpc) is 3.18. The first-order chi connectivity index (χ1) is 10.2. The van der Waals surface area contributed by atoms with Crippen molar-refractivity contribution in [3.05, 3.63) is 42.1 Å². The molecular weight excluding hydrogens is 258 g/mol. The van der Waals surface area contributed by atoms with Gasteiger partial charge in [-0.2, -0.15) is 5.10 Å². The normalized spacial score (nSPS) is 17.5. The Morgan fingerprint density at radius 2 is 1.62 bits per heavy atom. The Balaban J connectivity index is 1.82. The van der Waals surface area contributed by atoms with Gasteiger partial charge in [-0.05, 0) is 63.9 Å². The number of hydrogen-bond donors (Lipinski definition) is 0. The van der Waals surface area contributed by atoms with Gasteiger partial charge in [-0.15, -0.1) is 0 Å². The molecule has 0 spiro atoms. The van der Waals surface area contributed by atoms with E-state index in [1.807, 2.05) is 6.20 Å². The van der Waals surface area contributed by atoms with Crippen LogP contribution in [0.15, 0.2) is 36.5 Å². The highest BCUT2D eigenvalue weighted by Gasteiger charge is 2.19. The van der Waals surface area contributed by atoms with Crippen LogP contribution in [0, 0.1) is 0 Å². The van der Waals surface area contributed by atoms with Crippen molar-refractivity contribution in [3.8, 4) is 11.3 Å². The van der Waals surface area contributed by atoms with E-state index in [9.17, 15) is 0 Å². The standard InChI is InChI=1S/C18H25N3/c1-14(2)21-18(10-11-19-21)17-8-6-16(7-9-17)15(3)20-12-4-5-13-20/h6-11,14-15H,4-5,12-13H2,1-3H3. The third kappa shape index (κ3) is 2.88. The minimum atomic E-state index is 0.387. The summed E-state index contributed by atoms with van der Waals surface area (Å²) in [6, 6.07) is 12.0. The molecule has 3 nitrogen and oxygen atoms in total. The summed E-state index contributed by atoms with van der Waals surface area (Å²) < 4.78 is 2.08. The summed E-state index contributed by atoms with van der Waals surface area (Å²) in [7, 11) is 0. The molecular formula is C18H25N3. The lowest BCUT2D eigenvalue weighted by atomic mass is 10.0. The second kappa shape index (κ2) is 6.02. The Kier molecular flexibility index (Phi) is 4.11. The van der Waals surface area contributed by atoms with Crippen molar-refractivity contribution in [1.82, 2.24) is 14.7 Å². The van der Waals surface area contributed by atoms with Crippen LogP contribution in [0.3, 0.4) is 0 Å². The van der Waals surface area contributed by atoms with Gasteiger partial charge in [-0.25, -0.2) is 0 Å². The first-order valence-electron chi connectivity index (χ1n) is 8.04. The molecule has 0 radical (unpaired) electrons. The van der Waals surface area contributed by atoms with Crippen LogP contribution in [0.1, 0.15) is 51.3 Å². The minimum absolute atomic E-state index is 0.387. The van der Waals surface area contributed by atoms with Gasteiger partial charge in [0.2, 0.25) is 0 Å². The van der Waals surface area contributed by atoms with Crippen LogP contribution in [0.2, 0.25) is 0 Å². The average molecular weight is 283 g/mol. The fourth-order valence-corrected chi connectivity index (χ4v) is 3.23. The van der Waals surface area contributed by atoms with Crippen LogP contribution in [0.25, 0.3) is 11.3 Å². The van der Waals surface area contributed by atoms with E-state index in [-0.39, 0.29) is 0 Å². The third-order valence-corrected chi connectivity index (χ3v) is 4.54. The highest BCUT2D eigenvalue weighted by atomic mass is 15.3. The zero-order valence-corrected chi connectivity index (χ0v) is 13.3. The fraction of sp³-hybridized carbons (Fsp3) is 0.500. The molecule has 1 aliphatic rings. The van der Waals surface area contributed by atoms with Gasteiger partial charge >= 0.3 is 0 Å². The van der Waals surface area contributed by atoms with Crippen LogP contribution >= 0.6 is 0 Å². The molecule has 1 fully saturated rings. The van der Waals surface area contributed by atoms with E-state index in [4.69, 9.17) is 0 Å². The fourth-order valence-electron chi connectivity index (χ4n) is 3.23. The van der Waals surface area contributed by atoms with Crippen LogP contribution in [0.4, 0.5) is 0 Å². The molecule has 112 valence electrons. The van der Waals surface area contributed by atoms with Crippen molar-refractivity contribution in [3.63, 3.8) is 0 Å². The van der Waals surface area contributed by atoms with Gasteiger partial charge in [0.1, 0.15) is 0 Å². The van der Waals surface area contributed by atoms with Crippen LogP contribution in [-0.2, 0) is 0 Å². The van der Waals surface area contributed by atoms with E-state index in [1.54, 1.807) is 0 Å². The summed E-state index contributed by atoms with van der Waals surface area (Å²) in [4.78, 5) is 2.58. The summed E-state index contributed by atoms with van der Waals surface area (Å²) in [6.07, 6.45) is 4.57. The van der Waals surface area contributed by atoms with Gasteiger partial charge in [0.05, 0.1) is 5.69 Å². The summed E-state index contributed by atoms with van der Waals surface area (Å²) in [5, 5.41) is 4.42. The molecule has 21 heavy (non-hydrogen) atoms. The summed E-state index contributed by atoms with van der Waals surface area (Å²) in [5.74, 6) is 0. The molecule has 0 N–H and O–H groups in total. The molecule has 1 aromatic carbocycles. The van der Waals surface area contributed by atoms with E-state index in [0.717, 1.165) is 0 Å². The van der Waals surface area contributed by atoms with E-state index < -0.39 is 0 Å². The molecule has 1 unspecified atom stereocenters. The van der Waals surface area contributed by atoms with Crippen molar-refractivity contribution in [2.45, 2.75) is 45.7 Å². The quantitative estimate of drug-likeness (QED) is 0.834. The van der Waals surface area contributed by atoms with E-state index in [1.165, 1.54) is 42.8 Å². The number of nitrogens with zero attached hydrogens (tertiary/aromatic N) is 3. The lowest BCUT2D eigenvalue weighted by Gasteiger charge is -2.24. The minimum Gasteiger partial charge on any atom is -0.297 e. The maximum atomic E-state index is 4.42. The van der Waals surface area contributed by atoms with Crippen molar-refractivity contribution in [2.75, 3.05) is 13.1 Å². The number of likely N-dealkylation sites (tertiary alicyclic amines) is 1. The lowest BCUT2D eigenvalue weighted by molar-refractivity contribution is 0.263. The molecule has 3 rings (SSSR count). The molecule has 1 saturated heterocycles. The Bertz CT molecular complexity index is 577. The molecule has 0 bridgehead atoms. The molecule has 0 aliphatic carbocycles. The van der Waals surface area contributed by atoms with E-state index in [0.29, 0.717) is 12.1 Å². The van der Waals surface area contributed by atoms with Gasteiger partial charge < -0.3 is 0 Å². The number of rotatable bonds is 4. The second-order valence-corrected chi connectivity index (χ2v) is 6.30. The monoisotopic (exact) mass is 283 g/mol. The first kappa shape index (κ1) is 14.3. The summed E-state index contributed by atoms with van der Waals surface area (Å²) in [5.41, 5.74) is 3.86. The van der Waals surface area contributed by atoms with Gasteiger partial charge in [-0.3, -0.25) is 9.58 Å². The summed E-state index contributed by atoms with van der Waals surface area (Å²) >= 11 is 0. The highest BCUT2D eigenvalue weighted by Crippen LogP contribution is 2.27. The van der Waals surface area contributed by atoms with Crippen molar-refractivity contribution >= 4 is 0 Å². The molecule has 1 atom stereocenters. The first-order valence-corrected chi connectivity index (χ1v) is 8.04. The van der Waals surface area contributed by atoms with Crippen molar-refractivity contribution in [1.29, 1.82) is 0 Å². The maximum Gasteiger partial charge on any atom is 0.0685 e. The molecule has 2 heterocycles. The number of aromatic nitrogens is 2. The topological polar surface area (TPSA) is 21.1 Å². The molecule has 0 saturated carbocycles. The Labute approximate surface area is 127 Å². The predicted octanol–water partition coefficient (Wildman–Crippen LogP) is 4.29. The molecule has 1 aliphatic heterocycles. The summed E-state index contributed by atoms with van der Waals surface area (Å²) in [6.45, 7) is 9.13. The zero-order valence-electron chi connectivity index (χ0n) is 13.3. The largest absolute Gasteiger partial charge is 0.297 e. The molecule has 0 amide bonds. The van der Waals surface area contributed by atoms with Crippen LogP contribution < -0.4 is 0 Å². The third-order valence-electron chi connectivity index (χ3n) is 4.54. The SMILES string of the molecule is CC(c1ccc(-c2ccnn2C(C)C)cc1)N1CCCC1. The zero-order chi connectivity index (χ0) is 14.8. The molecule has 3 heteroatoms. The van der Waals surface area contributed by atoms with Crippen molar-refractivity contribution in [2.24, 2.45) is 0 Å². The maximum absolute atomic E-state index is 4.42. The van der Waals surface area contributed by atoms with Crippen LogP contribution in [0.5, 0.6) is 0 Å². The Morgan fingerprint density at radius 3 is 2.24 bits per heavy atom. The van der Waals surface area contributed by atoms with E-state index in [2.05, 4.69) is 65.8 Å².